The van der Waals surface area contributed by atoms with E-state index >= 15 is 0 Å². The number of nitrogens with zero attached hydrogens (tertiary/aromatic N) is 1. The first-order valence-corrected chi connectivity index (χ1v) is 12.4. The lowest BCUT2D eigenvalue weighted by molar-refractivity contribution is -0.128. The van der Waals surface area contributed by atoms with Gasteiger partial charge in [0.05, 0.1) is 18.9 Å². The fraction of sp³-hybridized carbons (Fsp3) is 0.556. The second kappa shape index (κ2) is 10.00. The van der Waals surface area contributed by atoms with E-state index in [-0.39, 0.29) is 43.1 Å². The molecular weight excluding hydrogens is 468 g/mol. The van der Waals surface area contributed by atoms with E-state index in [4.69, 9.17) is 4.74 Å². The van der Waals surface area contributed by atoms with Crippen LogP contribution in [0.1, 0.15) is 68.8 Å². The second-order valence-corrected chi connectivity index (χ2v) is 10.4. The Morgan fingerprint density at radius 2 is 2.08 bits per heavy atom. The predicted octanol–water partition coefficient (Wildman–Crippen LogP) is 4.96. The minimum atomic E-state index is -2.90. The van der Waals surface area contributed by atoms with Gasteiger partial charge in [0.2, 0.25) is 5.91 Å². The van der Waals surface area contributed by atoms with E-state index in [0.717, 1.165) is 12.8 Å². The summed E-state index contributed by atoms with van der Waals surface area (Å²) in [6.45, 7) is 1.41. The zero-order valence-corrected chi connectivity index (χ0v) is 20.5. The molecule has 4 unspecified atom stereocenters. The van der Waals surface area contributed by atoms with Crippen molar-refractivity contribution in [2.24, 2.45) is 17.3 Å². The number of benzene rings is 1. The Balaban J connectivity index is 1.50. The number of rotatable bonds is 10. The molecule has 1 aromatic heterocycles. The number of aromatic nitrogens is 1. The number of ketones is 2. The van der Waals surface area contributed by atoms with Crippen molar-refractivity contribution >= 4 is 28.4 Å². The van der Waals surface area contributed by atoms with Gasteiger partial charge in [0, 0.05) is 47.4 Å². The molecule has 1 amide bonds. The molecule has 4 atom stereocenters. The number of methoxy groups -OCH3 is 1. The van der Waals surface area contributed by atoms with Gasteiger partial charge in [0.15, 0.2) is 5.78 Å². The van der Waals surface area contributed by atoms with Gasteiger partial charge in [0.1, 0.15) is 17.6 Å². The summed E-state index contributed by atoms with van der Waals surface area (Å²) in [5, 5.41) is 12.9. The number of fused-ring (bicyclic) bond motifs is 1. The van der Waals surface area contributed by atoms with Gasteiger partial charge >= 0.3 is 0 Å². The number of hydrogen-bond donors (Lipinski definition) is 2. The minimum Gasteiger partial charge on any atom is -0.496 e. The molecule has 9 heteroatoms. The average molecular weight is 500 g/mol. The van der Waals surface area contributed by atoms with E-state index in [1.54, 1.807) is 24.3 Å². The van der Waals surface area contributed by atoms with Crippen LogP contribution in [-0.4, -0.2) is 41.5 Å². The molecule has 2 aromatic rings. The lowest BCUT2D eigenvalue weighted by Gasteiger charge is -2.25. The van der Waals surface area contributed by atoms with E-state index in [1.807, 2.05) is 6.07 Å². The Kier molecular flexibility index (Phi) is 7.17. The zero-order valence-electron chi connectivity index (χ0n) is 20.5. The molecule has 192 valence electrons. The molecule has 2 saturated carbocycles. The van der Waals surface area contributed by atoms with Gasteiger partial charge in [-0.2, -0.15) is 5.26 Å². The molecule has 0 bridgehead atoms. The Hall–Kier alpha value is -3.28. The smallest absolute Gasteiger partial charge is 0.254 e. The van der Waals surface area contributed by atoms with Crippen LogP contribution in [0.2, 0.25) is 0 Å². The van der Waals surface area contributed by atoms with Crippen LogP contribution in [0.15, 0.2) is 24.3 Å². The number of carbonyl (C=O) groups excluding carboxylic acids is 3. The highest BCUT2D eigenvalue weighted by Crippen LogP contribution is 2.63. The summed E-state index contributed by atoms with van der Waals surface area (Å²) >= 11 is 0. The van der Waals surface area contributed by atoms with Crippen LogP contribution in [0.5, 0.6) is 5.75 Å². The number of aromatic amines is 1. The molecule has 1 heterocycles. The summed E-state index contributed by atoms with van der Waals surface area (Å²) in [4.78, 5) is 41.6. The summed E-state index contributed by atoms with van der Waals surface area (Å²) in [5.74, 6) is -4.57. The maximum atomic E-state index is 14.0. The highest BCUT2D eigenvalue weighted by molar-refractivity contribution is 6.02. The molecule has 2 aliphatic rings. The molecule has 2 fully saturated rings. The zero-order chi connectivity index (χ0) is 26.1. The summed E-state index contributed by atoms with van der Waals surface area (Å²) in [6.07, 6.45) is 2.24. The number of ether oxygens (including phenoxy) is 1. The molecule has 1 aromatic carbocycles. The SMILES string of the molecule is COc1cccc2[nH]c(C(=O)CC(CC3(C)CC3(F)F)C(=O)NC(C#N)CC3CCCCC3=O)cc12. The summed E-state index contributed by atoms with van der Waals surface area (Å²) in [5.41, 5.74) is -0.439. The molecule has 0 radical (unpaired) electrons. The number of alkyl halides is 2. The quantitative estimate of drug-likeness (QED) is 0.449. The Morgan fingerprint density at radius 1 is 1.33 bits per heavy atom. The first-order chi connectivity index (χ1) is 17.1. The number of nitrogens with one attached hydrogen (secondary N) is 2. The number of carbonyl (C=O) groups is 3. The standard InChI is InChI=1S/C27H31F2N3O4/c1-26(15-27(26,28)29)13-17(25(35)31-18(14-30)10-16-6-3-4-8-22(16)33)11-23(34)21-12-19-20(32-21)7-5-9-24(19)36-2/h5,7,9,12,16-18,32H,3-4,6,8,10-11,13,15H2,1-2H3,(H,31,35). The highest BCUT2D eigenvalue weighted by Gasteiger charge is 2.68. The Labute approximate surface area is 208 Å². The molecular formula is C27H31F2N3O4. The van der Waals surface area contributed by atoms with Gasteiger partial charge in [-0.1, -0.05) is 19.4 Å². The monoisotopic (exact) mass is 499 g/mol. The molecule has 36 heavy (non-hydrogen) atoms. The third-order valence-corrected chi connectivity index (χ3v) is 7.69. The van der Waals surface area contributed by atoms with Gasteiger partial charge < -0.3 is 15.0 Å². The van der Waals surface area contributed by atoms with E-state index in [0.29, 0.717) is 29.5 Å². The van der Waals surface area contributed by atoms with Crippen LogP contribution in [0.4, 0.5) is 8.78 Å². The molecule has 0 spiro atoms. The van der Waals surface area contributed by atoms with E-state index < -0.39 is 35.0 Å². The van der Waals surface area contributed by atoms with Crippen LogP contribution in [0.3, 0.4) is 0 Å². The Morgan fingerprint density at radius 3 is 2.72 bits per heavy atom. The van der Waals surface area contributed by atoms with E-state index in [2.05, 4.69) is 10.3 Å². The molecule has 2 N–H and O–H groups in total. The number of H-pyrrole nitrogens is 1. The molecule has 7 nitrogen and oxygen atoms in total. The van der Waals surface area contributed by atoms with Crippen molar-refractivity contribution in [1.82, 2.24) is 10.3 Å². The number of amides is 1. The topological polar surface area (TPSA) is 112 Å². The number of Topliss-reactive ketones (excluding diaryl/α,β-unsaturated/α-hetero) is 2. The normalized spacial score (nSPS) is 24.5. The lowest BCUT2D eigenvalue weighted by atomic mass is 9.83. The van der Waals surface area contributed by atoms with Crippen LogP contribution in [0, 0.1) is 28.6 Å². The minimum absolute atomic E-state index is 0.0850. The summed E-state index contributed by atoms with van der Waals surface area (Å²) in [6, 6.07) is 8.06. The van der Waals surface area contributed by atoms with Gasteiger partial charge in [0.25, 0.3) is 5.92 Å². The van der Waals surface area contributed by atoms with Crippen LogP contribution in [0.25, 0.3) is 10.9 Å². The largest absolute Gasteiger partial charge is 0.496 e. The first kappa shape index (κ1) is 25.8. The third kappa shape index (κ3) is 5.28. The fourth-order valence-corrected chi connectivity index (χ4v) is 5.28. The van der Waals surface area contributed by atoms with Crippen molar-refractivity contribution in [1.29, 1.82) is 5.26 Å². The van der Waals surface area contributed by atoms with E-state index in [9.17, 15) is 28.4 Å². The number of halogens is 2. The van der Waals surface area contributed by atoms with Crippen molar-refractivity contribution in [2.75, 3.05) is 7.11 Å². The third-order valence-electron chi connectivity index (χ3n) is 7.69. The van der Waals surface area contributed by atoms with Crippen LogP contribution < -0.4 is 10.1 Å². The van der Waals surface area contributed by atoms with Crippen LogP contribution in [-0.2, 0) is 9.59 Å². The number of nitriles is 1. The van der Waals surface area contributed by atoms with E-state index in [1.165, 1.54) is 14.0 Å². The van der Waals surface area contributed by atoms with Crippen LogP contribution >= 0.6 is 0 Å². The fourth-order valence-electron chi connectivity index (χ4n) is 5.28. The van der Waals surface area contributed by atoms with Crippen molar-refractivity contribution in [3.63, 3.8) is 0 Å². The van der Waals surface area contributed by atoms with Gasteiger partial charge in [-0.15, -0.1) is 0 Å². The Bertz CT molecular complexity index is 1220. The lowest BCUT2D eigenvalue weighted by Crippen LogP contribution is -2.41. The van der Waals surface area contributed by atoms with Crippen molar-refractivity contribution < 1.29 is 27.9 Å². The number of hydrogen-bond acceptors (Lipinski definition) is 5. The molecule has 0 aliphatic heterocycles. The summed E-state index contributed by atoms with van der Waals surface area (Å²) in [7, 11) is 1.52. The van der Waals surface area contributed by atoms with Gasteiger partial charge in [-0.3, -0.25) is 14.4 Å². The van der Waals surface area contributed by atoms with Crippen molar-refractivity contribution in [3.8, 4) is 11.8 Å². The van der Waals surface area contributed by atoms with Crippen molar-refractivity contribution in [3.05, 3.63) is 30.0 Å². The maximum Gasteiger partial charge on any atom is 0.254 e. The maximum absolute atomic E-state index is 14.0. The average Bonchev–Trinajstić information content (AvgIpc) is 3.15. The predicted molar refractivity (Wildman–Crippen MR) is 129 cm³/mol. The molecule has 0 saturated heterocycles. The molecule has 2 aliphatic carbocycles. The van der Waals surface area contributed by atoms with Gasteiger partial charge in [-0.25, -0.2) is 8.78 Å². The van der Waals surface area contributed by atoms with Gasteiger partial charge in [-0.05, 0) is 43.9 Å². The molecule has 4 rings (SSSR count). The first-order valence-electron chi connectivity index (χ1n) is 12.4. The highest BCUT2D eigenvalue weighted by atomic mass is 19.3. The summed E-state index contributed by atoms with van der Waals surface area (Å²) < 4.78 is 33.4. The second-order valence-electron chi connectivity index (χ2n) is 10.4. The van der Waals surface area contributed by atoms with Crippen molar-refractivity contribution in [2.45, 2.75) is 70.3 Å².